The summed E-state index contributed by atoms with van der Waals surface area (Å²) in [5, 5.41) is 2.53. The number of nitrogens with two attached hydrogens (primary N) is 2. The number of aromatic amines is 1. The molecule has 10 rings (SSSR count). The lowest BCUT2D eigenvalue weighted by atomic mass is 9.74. The van der Waals surface area contributed by atoms with E-state index < -0.39 is 18.7 Å². The minimum absolute atomic E-state index is 0.00578. The molecule has 0 aliphatic carbocycles. The number of amides is 2. The van der Waals surface area contributed by atoms with Gasteiger partial charge in [-0.1, -0.05) is 72.8 Å². The number of piperidine rings is 2. The van der Waals surface area contributed by atoms with Gasteiger partial charge in [-0.25, -0.2) is 0 Å². The lowest BCUT2D eigenvalue weighted by Gasteiger charge is -2.38. The Labute approximate surface area is 349 Å². The van der Waals surface area contributed by atoms with Crippen molar-refractivity contribution < 1.29 is 28.4 Å². The van der Waals surface area contributed by atoms with Crippen molar-refractivity contribution in [2.75, 3.05) is 32.8 Å². The fourth-order valence-electron chi connectivity index (χ4n) is 9.81. The first kappa shape index (κ1) is 38.3. The van der Waals surface area contributed by atoms with Crippen LogP contribution in [0.1, 0.15) is 87.2 Å². The highest BCUT2D eigenvalue weighted by atomic mass is 16.7. The molecule has 4 aliphatic heterocycles. The smallest absolute Gasteiger partial charge is 0.503 e. The minimum atomic E-state index is -1.38. The van der Waals surface area contributed by atoms with Gasteiger partial charge in [-0.2, -0.15) is 0 Å². The van der Waals surface area contributed by atoms with Gasteiger partial charge < -0.3 is 40.3 Å². The first-order chi connectivity index (χ1) is 29.1. The number of hydrogen-bond donors (Lipinski definition) is 3. The predicted molar refractivity (Wildman–Crippen MR) is 231 cm³/mol. The molecule has 5 heterocycles. The molecule has 4 aliphatic rings. The Morgan fingerprint density at radius 1 is 0.800 bits per heavy atom. The van der Waals surface area contributed by atoms with Gasteiger partial charge in [-0.3, -0.25) is 14.4 Å². The van der Waals surface area contributed by atoms with E-state index in [9.17, 15) is 14.4 Å². The number of aromatic nitrogens is 1. The molecule has 0 saturated carbocycles. The third-order valence-electron chi connectivity index (χ3n) is 13.6. The SMILES string of the molecule is C[C@@]1(c2ccc3c(C(=O)N4CCC(c5cccc(CN)c5)CC4)cccc3c2)OB(c2ccc3cc(C(=O)N4CCC5(CC4)COc4ccc(CN)cc45)[nH]c3c2)OC1=O. The number of H-pyrrole nitrogens is 1. The van der Waals surface area contributed by atoms with Crippen molar-refractivity contribution >= 4 is 52.0 Å². The van der Waals surface area contributed by atoms with E-state index in [1.807, 2.05) is 88.7 Å². The number of rotatable bonds is 7. The Morgan fingerprint density at radius 3 is 2.37 bits per heavy atom. The molecular weight excluding hydrogens is 753 g/mol. The van der Waals surface area contributed by atoms with E-state index in [1.54, 1.807) is 6.92 Å². The maximum absolute atomic E-state index is 13.9. The van der Waals surface area contributed by atoms with Gasteiger partial charge in [0.25, 0.3) is 11.8 Å². The zero-order chi connectivity index (χ0) is 41.2. The number of nitrogens with one attached hydrogen (secondary N) is 1. The van der Waals surface area contributed by atoms with E-state index in [4.69, 9.17) is 25.5 Å². The van der Waals surface area contributed by atoms with Crippen molar-refractivity contribution in [2.24, 2.45) is 11.5 Å². The summed E-state index contributed by atoms with van der Waals surface area (Å²) < 4.78 is 18.4. The fraction of sp³-hybridized carbons (Fsp3) is 0.312. The van der Waals surface area contributed by atoms with Crippen molar-refractivity contribution in [3.63, 3.8) is 0 Å². The number of nitrogens with zero attached hydrogens (tertiary/aromatic N) is 2. The van der Waals surface area contributed by atoms with Crippen LogP contribution >= 0.6 is 0 Å². The van der Waals surface area contributed by atoms with E-state index >= 15 is 0 Å². The van der Waals surface area contributed by atoms with Crippen LogP contribution in [0.5, 0.6) is 5.75 Å². The largest absolute Gasteiger partial charge is 0.565 e. The lowest BCUT2D eigenvalue weighted by molar-refractivity contribution is -0.142. The number of hydrogen-bond acceptors (Lipinski definition) is 8. The highest BCUT2D eigenvalue weighted by Gasteiger charge is 2.52. The molecule has 1 aromatic heterocycles. The molecule has 6 aromatic rings. The lowest BCUT2D eigenvalue weighted by Crippen LogP contribution is -2.46. The molecule has 12 heteroatoms. The molecule has 1 spiro atoms. The number of carbonyl (C=O) groups is 3. The third kappa shape index (κ3) is 6.54. The van der Waals surface area contributed by atoms with Crippen molar-refractivity contribution in [1.82, 2.24) is 14.8 Å². The van der Waals surface area contributed by atoms with Crippen molar-refractivity contribution in [3.8, 4) is 5.75 Å². The molecule has 0 bridgehead atoms. The molecule has 60 heavy (non-hydrogen) atoms. The van der Waals surface area contributed by atoms with Crippen LogP contribution in [0.4, 0.5) is 0 Å². The van der Waals surface area contributed by atoms with Crippen LogP contribution in [0.2, 0.25) is 0 Å². The average molecular weight is 802 g/mol. The third-order valence-corrected chi connectivity index (χ3v) is 13.6. The predicted octanol–water partition coefficient (Wildman–Crippen LogP) is 6.01. The summed E-state index contributed by atoms with van der Waals surface area (Å²) in [6.45, 7) is 5.94. The molecule has 2 amide bonds. The fourth-order valence-corrected chi connectivity index (χ4v) is 9.81. The highest BCUT2D eigenvalue weighted by molar-refractivity contribution is 6.64. The Bertz CT molecular complexity index is 2680. The normalized spacial score (nSPS) is 20.2. The summed E-state index contributed by atoms with van der Waals surface area (Å²) in [4.78, 5) is 48.5. The summed E-state index contributed by atoms with van der Waals surface area (Å²) in [6.07, 6.45) is 3.42. The minimum Gasteiger partial charge on any atom is -0.503 e. The molecule has 0 radical (unpaired) electrons. The maximum Gasteiger partial charge on any atom is 0.565 e. The van der Waals surface area contributed by atoms with Crippen LogP contribution in [0.15, 0.2) is 103 Å². The molecule has 0 unspecified atom stereocenters. The zero-order valence-corrected chi connectivity index (χ0v) is 33.7. The maximum atomic E-state index is 13.9. The van der Waals surface area contributed by atoms with E-state index in [1.165, 1.54) is 11.1 Å². The molecule has 5 aromatic carbocycles. The standard InChI is InChI=1S/C48H48BN5O6/c1-47(36-10-12-38-34(24-36)6-3-7-39(38)44(55)53-18-14-32(15-19-53)33-5-2-4-30(22-33)27-50)46(57)59-49(60-47)37-11-9-35-25-42(52-41(35)26-37)45(56)54-20-16-48(17-21-54)29-58-43-13-8-31(28-51)23-40(43)48/h2-13,22-26,32,52H,14-21,27-29,50-51H2,1H3/t47-/m0/s1. The van der Waals surface area contributed by atoms with E-state index in [2.05, 4.69) is 29.2 Å². The number of carbonyl (C=O) groups excluding carboxylic acids is 3. The summed E-state index contributed by atoms with van der Waals surface area (Å²) in [6, 6.07) is 33.6. The van der Waals surface area contributed by atoms with Gasteiger partial charge in [0.05, 0.1) is 6.61 Å². The molecule has 3 fully saturated rings. The molecule has 1 atom stereocenters. The van der Waals surface area contributed by atoms with Gasteiger partial charge in [-0.05, 0) is 107 Å². The summed E-state index contributed by atoms with van der Waals surface area (Å²) >= 11 is 0. The number of ether oxygens (including phenoxy) is 1. The molecular formula is C48H48BN5O6. The quantitative estimate of drug-likeness (QED) is 0.166. The van der Waals surface area contributed by atoms with E-state index in [0.29, 0.717) is 74.1 Å². The van der Waals surface area contributed by atoms with Crippen molar-refractivity contribution in [3.05, 3.63) is 142 Å². The van der Waals surface area contributed by atoms with Gasteiger partial charge in [0.15, 0.2) is 5.60 Å². The molecule has 5 N–H and O–H groups in total. The van der Waals surface area contributed by atoms with Crippen molar-refractivity contribution in [2.45, 2.75) is 62.6 Å². The Balaban J connectivity index is 0.813. The second kappa shape index (κ2) is 15.0. The second-order valence-corrected chi connectivity index (χ2v) is 17.1. The monoisotopic (exact) mass is 801 g/mol. The summed E-state index contributed by atoms with van der Waals surface area (Å²) in [5.74, 6) is 0.771. The second-order valence-electron chi connectivity index (χ2n) is 17.1. The Morgan fingerprint density at radius 2 is 1.57 bits per heavy atom. The van der Waals surface area contributed by atoms with Crippen LogP contribution in [-0.2, 0) is 38.2 Å². The molecule has 11 nitrogen and oxygen atoms in total. The number of likely N-dealkylation sites (tertiary alicyclic amines) is 2. The number of benzene rings is 5. The molecule has 3 saturated heterocycles. The van der Waals surface area contributed by atoms with Crippen molar-refractivity contribution in [1.29, 1.82) is 0 Å². The highest BCUT2D eigenvalue weighted by Crippen LogP contribution is 2.46. The molecule has 304 valence electrons. The zero-order valence-electron chi connectivity index (χ0n) is 33.7. The summed E-state index contributed by atoms with van der Waals surface area (Å²) in [5.41, 5.74) is 18.2. The first-order valence-electron chi connectivity index (χ1n) is 21.0. The summed E-state index contributed by atoms with van der Waals surface area (Å²) in [7, 11) is -0.951. The van der Waals surface area contributed by atoms with Crippen LogP contribution < -0.4 is 21.7 Å². The van der Waals surface area contributed by atoms with Gasteiger partial charge in [-0.15, -0.1) is 0 Å². The van der Waals surface area contributed by atoms with Gasteiger partial charge in [0.1, 0.15) is 11.4 Å². The van der Waals surface area contributed by atoms with Gasteiger partial charge >= 0.3 is 13.1 Å². The van der Waals surface area contributed by atoms with Crippen LogP contribution in [-0.4, -0.2) is 72.5 Å². The van der Waals surface area contributed by atoms with Crippen LogP contribution in [0, 0.1) is 0 Å². The van der Waals surface area contributed by atoms with E-state index in [-0.39, 0.29) is 17.2 Å². The van der Waals surface area contributed by atoms with Crippen LogP contribution in [0.25, 0.3) is 21.7 Å². The first-order valence-corrected chi connectivity index (χ1v) is 21.0. The topological polar surface area (TPSA) is 153 Å². The number of fused-ring (bicyclic) bond motifs is 4. The van der Waals surface area contributed by atoms with Gasteiger partial charge in [0.2, 0.25) is 0 Å². The van der Waals surface area contributed by atoms with Gasteiger partial charge in [0, 0.05) is 66.7 Å². The average Bonchev–Trinajstić information content (AvgIpc) is 3.98. The Kier molecular flexibility index (Phi) is 9.54. The van der Waals surface area contributed by atoms with Crippen LogP contribution in [0.3, 0.4) is 0 Å². The Hall–Kier alpha value is -5.95. The van der Waals surface area contributed by atoms with E-state index in [0.717, 1.165) is 64.2 Å².